The molecule has 0 fully saturated rings. The van der Waals surface area contributed by atoms with Crippen LogP contribution in [0.5, 0.6) is 0 Å². The van der Waals surface area contributed by atoms with Gasteiger partial charge in [0.1, 0.15) is 0 Å². The smallest absolute Gasteiger partial charge is 0.0960 e. The fourth-order valence-electron chi connectivity index (χ4n) is 0.518. The predicted molar refractivity (Wildman–Crippen MR) is 37.5 cm³/mol. The standard InChI is InChI=1S/C6H8NS/c1-2-8-6-4-3-5-7-6/h3-5H,2H2,1H3. The van der Waals surface area contributed by atoms with Crippen molar-refractivity contribution in [2.45, 2.75) is 6.92 Å². The Morgan fingerprint density at radius 1 is 1.75 bits per heavy atom. The highest BCUT2D eigenvalue weighted by molar-refractivity contribution is 8.03. The summed E-state index contributed by atoms with van der Waals surface area (Å²) in [6.45, 7) is 2.12. The second kappa shape index (κ2) is 2.82. The molecule has 0 aromatic heterocycles. The maximum atomic E-state index is 4.07. The van der Waals surface area contributed by atoms with Gasteiger partial charge < -0.3 is 0 Å². The van der Waals surface area contributed by atoms with E-state index in [1.54, 1.807) is 11.8 Å². The molecule has 0 aromatic rings. The first-order valence-corrected chi connectivity index (χ1v) is 3.62. The van der Waals surface area contributed by atoms with Crippen molar-refractivity contribution in [3.8, 4) is 0 Å². The van der Waals surface area contributed by atoms with Gasteiger partial charge in [-0.3, -0.25) is 0 Å². The zero-order valence-electron chi connectivity index (χ0n) is 4.79. The van der Waals surface area contributed by atoms with Crippen molar-refractivity contribution < 1.29 is 0 Å². The van der Waals surface area contributed by atoms with Gasteiger partial charge in [0.2, 0.25) is 0 Å². The van der Waals surface area contributed by atoms with E-state index in [0.717, 1.165) is 10.8 Å². The fraction of sp³-hybridized carbons (Fsp3) is 0.333. The summed E-state index contributed by atoms with van der Waals surface area (Å²) in [4.78, 5) is 0. The lowest BCUT2D eigenvalue weighted by atomic mass is 10.6. The Morgan fingerprint density at radius 2 is 2.62 bits per heavy atom. The van der Waals surface area contributed by atoms with Crippen LogP contribution in [0.4, 0.5) is 0 Å². The zero-order valence-corrected chi connectivity index (χ0v) is 5.61. The topological polar surface area (TPSA) is 14.1 Å². The van der Waals surface area contributed by atoms with Crippen molar-refractivity contribution >= 4 is 11.8 Å². The van der Waals surface area contributed by atoms with Crippen LogP contribution in [0.3, 0.4) is 0 Å². The van der Waals surface area contributed by atoms with Crippen LogP contribution in [0.1, 0.15) is 6.92 Å². The molecular formula is C6H8NS. The summed E-state index contributed by atoms with van der Waals surface area (Å²) in [7, 11) is 0. The summed E-state index contributed by atoms with van der Waals surface area (Å²) >= 11 is 1.77. The third-order valence-electron chi connectivity index (χ3n) is 0.819. The number of thioether (sulfide) groups is 1. The molecule has 0 saturated carbocycles. The molecule has 1 rings (SSSR count). The predicted octanol–water partition coefficient (Wildman–Crippen LogP) is 1.71. The zero-order chi connectivity index (χ0) is 5.82. The van der Waals surface area contributed by atoms with Crippen molar-refractivity contribution in [3.63, 3.8) is 0 Å². The van der Waals surface area contributed by atoms with Crippen LogP contribution in [0.2, 0.25) is 0 Å². The molecule has 0 saturated heterocycles. The number of allylic oxidation sites excluding steroid dienone is 2. The third-order valence-corrected chi connectivity index (χ3v) is 1.64. The minimum absolute atomic E-state index is 1.11. The van der Waals surface area contributed by atoms with Crippen molar-refractivity contribution in [2.75, 3.05) is 5.75 Å². The summed E-state index contributed by atoms with van der Waals surface area (Å²) in [5.74, 6) is 1.11. The maximum Gasteiger partial charge on any atom is 0.0960 e. The van der Waals surface area contributed by atoms with E-state index < -0.39 is 0 Å². The molecule has 2 heteroatoms. The highest BCUT2D eigenvalue weighted by Gasteiger charge is 1.96. The van der Waals surface area contributed by atoms with E-state index in [2.05, 4.69) is 12.2 Å². The summed E-state index contributed by atoms with van der Waals surface area (Å²) < 4.78 is 0. The Morgan fingerprint density at radius 3 is 3.12 bits per heavy atom. The molecule has 1 nitrogen and oxygen atoms in total. The third kappa shape index (κ3) is 1.30. The minimum Gasteiger partial charge on any atom is -0.250 e. The molecule has 0 aromatic carbocycles. The highest BCUT2D eigenvalue weighted by Crippen LogP contribution is 2.15. The van der Waals surface area contributed by atoms with E-state index in [4.69, 9.17) is 0 Å². The van der Waals surface area contributed by atoms with Gasteiger partial charge in [-0.1, -0.05) is 6.92 Å². The first-order valence-electron chi connectivity index (χ1n) is 2.64. The Kier molecular flexibility index (Phi) is 2.03. The molecule has 8 heavy (non-hydrogen) atoms. The van der Waals surface area contributed by atoms with Crippen LogP contribution in [0, 0.1) is 0 Å². The first kappa shape index (κ1) is 5.76. The molecule has 0 spiro atoms. The molecule has 0 N–H and O–H groups in total. The molecule has 0 unspecified atom stereocenters. The molecule has 0 amide bonds. The SMILES string of the molecule is CCSC1=CC=C[N]1. The van der Waals surface area contributed by atoms with Crippen LogP contribution in [-0.4, -0.2) is 5.75 Å². The lowest BCUT2D eigenvalue weighted by molar-refractivity contribution is 1.18. The monoisotopic (exact) mass is 126 g/mol. The summed E-state index contributed by atoms with van der Waals surface area (Å²) in [5.41, 5.74) is 0. The van der Waals surface area contributed by atoms with Gasteiger partial charge in [0.15, 0.2) is 0 Å². The average molecular weight is 126 g/mol. The number of rotatable bonds is 2. The largest absolute Gasteiger partial charge is 0.250 e. The summed E-state index contributed by atoms with van der Waals surface area (Å²) in [6, 6.07) is 0. The van der Waals surface area contributed by atoms with E-state index in [0.29, 0.717) is 0 Å². The number of hydrogen-bond donors (Lipinski definition) is 0. The van der Waals surface area contributed by atoms with Crippen LogP contribution < -0.4 is 5.32 Å². The van der Waals surface area contributed by atoms with Crippen LogP contribution >= 0.6 is 11.8 Å². The van der Waals surface area contributed by atoms with Crippen LogP contribution in [0.15, 0.2) is 23.4 Å². The van der Waals surface area contributed by atoms with E-state index in [1.807, 2.05) is 18.4 Å². The summed E-state index contributed by atoms with van der Waals surface area (Å²) in [6.07, 6.45) is 5.80. The van der Waals surface area contributed by atoms with Crippen molar-refractivity contribution in [1.29, 1.82) is 0 Å². The summed E-state index contributed by atoms with van der Waals surface area (Å²) in [5, 5.41) is 5.20. The van der Waals surface area contributed by atoms with Crippen LogP contribution in [-0.2, 0) is 0 Å². The van der Waals surface area contributed by atoms with Gasteiger partial charge in [-0.05, 0) is 17.9 Å². The molecule has 1 aliphatic heterocycles. The van der Waals surface area contributed by atoms with Gasteiger partial charge in [-0.2, -0.15) is 0 Å². The van der Waals surface area contributed by atoms with E-state index >= 15 is 0 Å². The Labute approximate surface area is 53.9 Å². The van der Waals surface area contributed by atoms with Gasteiger partial charge in [0.25, 0.3) is 0 Å². The quantitative estimate of drug-likeness (QED) is 0.549. The number of nitrogens with zero attached hydrogens (tertiary/aromatic N) is 1. The Hall–Kier alpha value is -0.370. The number of hydrogen-bond acceptors (Lipinski definition) is 1. The second-order valence-corrected chi connectivity index (χ2v) is 2.69. The molecule has 1 aliphatic rings. The Balaban J connectivity index is 2.28. The molecule has 43 valence electrons. The lowest BCUT2D eigenvalue weighted by Crippen LogP contribution is -1.85. The fourth-order valence-corrected chi connectivity index (χ4v) is 1.12. The van der Waals surface area contributed by atoms with Gasteiger partial charge in [0.05, 0.1) is 5.03 Å². The minimum atomic E-state index is 1.11. The molecule has 0 atom stereocenters. The molecule has 1 radical (unpaired) electrons. The van der Waals surface area contributed by atoms with Crippen molar-refractivity contribution in [1.82, 2.24) is 5.32 Å². The van der Waals surface area contributed by atoms with Gasteiger partial charge in [-0.15, -0.1) is 11.8 Å². The molecule has 0 aliphatic carbocycles. The van der Waals surface area contributed by atoms with Gasteiger partial charge in [0, 0.05) is 6.20 Å². The molecule has 0 bridgehead atoms. The normalized spacial score (nSPS) is 15.9. The second-order valence-electron chi connectivity index (χ2n) is 1.41. The van der Waals surface area contributed by atoms with Crippen molar-refractivity contribution in [3.05, 3.63) is 23.4 Å². The van der Waals surface area contributed by atoms with Gasteiger partial charge >= 0.3 is 0 Å². The van der Waals surface area contributed by atoms with Gasteiger partial charge in [-0.25, -0.2) is 5.32 Å². The molecular weight excluding hydrogens is 118 g/mol. The van der Waals surface area contributed by atoms with E-state index in [1.165, 1.54) is 0 Å². The van der Waals surface area contributed by atoms with Crippen molar-refractivity contribution in [2.24, 2.45) is 0 Å². The lowest BCUT2D eigenvalue weighted by Gasteiger charge is -1.93. The maximum absolute atomic E-state index is 4.07. The van der Waals surface area contributed by atoms with E-state index in [9.17, 15) is 0 Å². The highest BCUT2D eigenvalue weighted by atomic mass is 32.2. The van der Waals surface area contributed by atoms with Crippen LogP contribution in [0.25, 0.3) is 0 Å². The Bertz CT molecular complexity index is 126. The first-order chi connectivity index (χ1) is 3.93. The van der Waals surface area contributed by atoms with E-state index in [-0.39, 0.29) is 0 Å². The molecule has 1 heterocycles. The average Bonchev–Trinajstić information content (AvgIpc) is 2.19.